The summed E-state index contributed by atoms with van der Waals surface area (Å²) in [6.45, 7) is 16.9. The summed E-state index contributed by atoms with van der Waals surface area (Å²) in [5.74, 6) is -0.424. The van der Waals surface area contributed by atoms with Crippen LogP contribution in [0.25, 0.3) is 0 Å². The first kappa shape index (κ1) is 33.9. The van der Waals surface area contributed by atoms with Crippen molar-refractivity contribution in [3.05, 3.63) is 23.3 Å². The fraction of sp³-hybridized carbons (Fsp3) is 0.789. The van der Waals surface area contributed by atoms with Gasteiger partial charge in [-0.1, -0.05) is 47.6 Å². The molecule has 0 aromatic rings. The summed E-state index contributed by atoms with van der Waals surface area (Å²) in [6, 6.07) is 0. The lowest BCUT2D eigenvalue weighted by atomic mass is 9.38. The molecule has 5 aliphatic rings. The second kappa shape index (κ2) is 11.4. The molecule has 0 aromatic heterocycles. The number of Topliss-reactive ketones (excluding diaryl/α,β-unsaturated/α-hetero) is 1. The van der Waals surface area contributed by atoms with Crippen LogP contribution in [-0.2, 0) is 23.9 Å². The molecule has 250 valence electrons. The predicted octanol–water partition coefficient (Wildman–Crippen LogP) is 8.02. The zero-order chi connectivity index (χ0) is 33.3. The summed E-state index contributed by atoms with van der Waals surface area (Å²) in [7, 11) is 0. The van der Waals surface area contributed by atoms with Crippen molar-refractivity contribution in [1.29, 1.82) is 0 Å². The molecule has 0 heterocycles. The van der Waals surface area contributed by atoms with Crippen LogP contribution in [-0.4, -0.2) is 40.0 Å². The Labute approximate surface area is 269 Å². The number of allylic oxidation sites excluding steroid dienone is 3. The third kappa shape index (κ3) is 5.42. The first-order valence-electron chi connectivity index (χ1n) is 17.4. The molecule has 0 amide bonds. The van der Waals surface area contributed by atoms with E-state index in [-0.39, 0.29) is 40.5 Å². The molecular formula is C38H56O7. The topological polar surface area (TPSA) is 118 Å². The van der Waals surface area contributed by atoms with Gasteiger partial charge in [-0.15, -0.1) is 0 Å². The molecule has 0 radical (unpaired) electrons. The number of aliphatic carboxylic acids is 2. The average molecular weight is 625 g/mol. The molecule has 0 aromatic carbocycles. The van der Waals surface area contributed by atoms with Gasteiger partial charge in [-0.25, -0.2) is 4.79 Å². The summed E-state index contributed by atoms with van der Waals surface area (Å²) in [4.78, 5) is 49.9. The van der Waals surface area contributed by atoms with Crippen LogP contribution in [0.2, 0.25) is 0 Å². The lowest BCUT2D eigenvalue weighted by Crippen LogP contribution is -2.60. The maximum Gasteiger partial charge on any atom is 0.328 e. The van der Waals surface area contributed by atoms with Gasteiger partial charge in [-0.3, -0.25) is 14.4 Å². The van der Waals surface area contributed by atoms with E-state index in [0.29, 0.717) is 30.1 Å². The molecule has 8 atom stereocenters. The second-order valence-corrected chi connectivity index (χ2v) is 17.5. The fourth-order valence-electron chi connectivity index (χ4n) is 11.8. The van der Waals surface area contributed by atoms with Gasteiger partial charge < -0.3 is 14.9 Å². The largest absolute Gasteiger partial charge is 0.481 e. The van der Waals surface area contributed by atoms with E-state index in [4.69, 9.17) is 4.74 Å². The molecule has 0 saturated heterocycles. The van der Waals surface area contributed by atoms with Crippen molar-refractivity contribution in [1.82, 2.24) is 0 Å². The van der Waals surface area contributed by atoms with Gasteiger partial charge in [0.15, 0.2) is 5.78 Å². The quantitative estimate of drug-likeness (QED) is 0.217. The molecule has 4 fully saturated rings. The van der Waals surface area contributed by atoms with Crippen molar-refractivity contribution >= 4 is 23.7 Å². The first-order valence-corrected chi connectivity index (χ1v) is 17.4. The summed E-state index contributed by atoms with van der Waals surface area (Å²) in [5.41, 5.74) is 0.533. The molecule has 5 rings (SSSR count). The molecule has 7 nitrogen and oxygen atoms in total. The van der Waals surface area contributed by atoms with E-state index in [1.807, 2.05) is 6.08 Å². The van der Waals surface area contributed by atoms with Crippen LogP contribution in [0.5, 0.6) is 0 Å². The van der Waals surface area contributed by atoms with E-state index >= 15 is 0 Å². The SMILES string of the molecule is CC(C)C1=C2C3CCC4C(C)(CCC5C(C)(C)C(OC(=O)CC(C)(C)C(=O)O)CCCC54C)C3CCC2(/C=C/C(=O)O)CC1=O. The standard InChI is InChI=1S/C38H56O7/c1-22(2)31-25(39)20-38(19-15-29(40)41)18-13-24-23(32(31)38)11-12-27-36(24,7)17-14-26-35(5,6)28(10-9-16-37(26,27)8)45-30(42)21-34(3,4)33(43)44/h15,19,22-24,26-28H,9-14,16-18,20-21H2,1-8H3,(H,40,41)(H,43,44)/b19-15+. The minimum atomic E-state index is -1.17. The van der Waals surface area contributed by atoms with Gasteiger partial charge >= 0.3 is 17.9 Å². The highest BCUT2D eigenvalue weighted by Crippen LogP contribution is 2.72. The van der Waals surface area contributed by atoms with Crippen LogP contribution in [0.15, 0.2) is 23.3 Å². The molecule has 8 unspecified atom stereocenters. The van der Waals surface area contributed by atoms with E-state index in [1.54, 1.807) is 13.8 Å². The lowest BCUT2D eigenvalue weighted by Gasteiger charge is -2.66. The van der Waals surface area contributed by atoms with Crippen molar-refractivity contribution in [2.75, 3.05) is 0 Å². The van der Waals surface area contributed by atoms with E-state index in [0.717, 1.165) is 63.4 Å². The van der Waals surface area contributed by atoms with Crippen LogP contribution in [0, 0.1) is 56.7 Å². The smallest absolute Gasteiger partial charge is 0.328 e. The van der Waals surface area contributed by atoms with Gasteiger partial charge in [0.25, 0.3) is 0 Å². The summed E-state index contributed by atoms with van der Waals surface area (Å²) >= 11 is 0. The maximum atomic E-state index is 13.5. The van der Waals surface area contributed by atoms with Crippen molar-refractivity contribution < 1.29 is 34.1 Å². The number of carboxylic acids is 2. The van der Waals surface area contributed by atoms with E-state index in [2.05, 4.69) is 41.5 Å². The Hall–Kier alpha value is -2.44. The second-order valence-electron chi connectivity index (χ2n) is 17.5. The van der Waals surface area contributed by atoms with Gasteiger partial charge in [0.05, 0.1) is 11.8 Å². The maximum absolute atomic E-state index is 13.5. The number of ketones is 1. The molecule has 45 heavy (non-hydrogen) atoms. The number of fused-ring (bicyclic) bond motifs is 7. The molecule has 2 N–H and O–H groups in total. The van der Waals surface area contributed by atoms with Crippen LogP contribution < -0.4 is 0 Å². The number of carbonyl (C=O) groups is 4. The van der Waals surface area contributed by atoms with Crippen LogP contribution >= 0.6 is 0 Å². The number of rotatable bonds is 7. The molecule has 7 heteroatoms. The van der Waals surface area contributed by atoms with Gasteiger partial charge in [-0.2, -0.15) is 0 Å². The van der Waals surface area contributed by atoms with E-state index < -0.39 is 28.7 Å². The summed E-state index contributed by atoms with van der Waals surface area (Å²) < 4.78 is 6.17. The van der Waals surface area contributed by atoms with Crippen molar-refractivity contribution in [2.45, 2.75) is 132 Å². The van der Waals surface area contributed by atoms with Gasteiger partial charge in [0, 0.05) is 23.3 Å². The molecule has 0 bridgehead atoms. The summed E-state index contributed by atoms with van der Waals surface area (Å²) in [5, 5.41) is 19.1. The minimum Gasteiger partial charge on any atom is -0.481 e. The number of ether oxygens (including phenoxy) is 1. The minimum absolute atomic E-state index is 0.0709. The Morgan fingerprint density at radius 2 is 1.62 bits per heavy atom. The molecule has 0 spiro atoms. The fourth-order valence-corrected chi connectivity index (χ4v) is 11.8. The first-order chi connectivity index (χ1) is 20.8. The molecule has 5 aliphatic carbocycles. The Morgan fingerprint density at radius 1 is 0.933 bits per heavy atom. The van der Waals surface area contributed by atoms with Gasteiger partial charge in [0.1, 0.15) is 6.10 Å². The Kier molecular flexibility index (Phi) is 8.56. The number of carbonyl (C=O) groups excluding carboxylic acids is 2. The highest BCUT2D eigenvalue weighted by Gasteiger charge is 2.65. The number of carboxylic acid groups (broad SMARTS) is 2. The predicted molar refractivity (Wildman–Crippen MR) is 172 cm³/mol. The normalized spacial score (nSPS) is 39.5. The highest BCUT2D eigenvalue weighted by atomic mass is 16.5. The molecule has 4 saturated carbocycles. The summed E-state index contributed by atoms with van der Waals surface area (Å²) in [6.07, 6.45) is 12.1. The number of hydrogen-bond donors (Lipinski definition) is 2. The zero-order valence-corrected chi connectivity index (χ0v) is 28.8. The third-order valence-corrected chi connectivity index (χ3v) is 13.8. The number of esters is 1. The third-order valence-electron chi connectivity index (χ3n) is 13.8. The zero-order valence-electron chi connectivity index (χ0n) is 28.8. The Bertz CT molecular complexity index is 1320. The van der Waals surface area contributed by atoms with Crippen molar-refractivity contribution in [3.63, 3.8) is 0 Å². The van der Waals surface area contributed by atoms with E-state index in [9.17, 15) is 29.4 Å². The van der Waals surface area contributed by atoms with E-state index in [1.165, 1.54) is 11.6 Å². The highest BCUT2D eigenvalue weighted by molar-refractivity contribution is 6.01. The lowest BCUT2D eigenvalue weighted by molar-refractivity contribution is -0.183. The average Bonchev–Trinajstić information content (AvgIpc) is 3.18. The van der Waals surface area contributed by atoms with Crippen LogP contribution in [0.3, 0.4) is 0 Å². The Morgan fingerprint density at radius 3 is 2.24 bits per heavy atom. The van der Waals surface area contributed by atoms with Gasteiger partial charge in [-0.05, 0) is 123 Å². The van der Waals surface area contributed by atoms with Crippen molar-refractivity contribution in [3.8, 4) is 0 Å². The Balaban J connectivity index is 1.45. The van der Waals surface area contributed by atoms with Crippen LogP contribution in [0.1, 0.15) is 126 Å². The molecule has 0 aliphatic heterocycles. The van der Waals surface area contributed by atoms with Crippen LogP contribution in [0.4, 0.5) is 0 Å². The van der Waals surface area contributed by atoms with Crippen molar-refractivity contribution in [2.24, 2.45) is 56.7 Å². The number of hydrogen-bond acceptors (Lipinski definition) is 5. The molecular weight excluding hydrogens is 568 g/mol. The monoisotopic (exact) mass is 624 g/mol. The van der Waals surface area contributed by atoms with Gasteiger partial charge in [0.2, 0.25) is 0 Å².